The number of allylic oxidation sites excluding steroid dienone is 7. The van der Waals surface area contributed by atoms with Gasteiger partial charge in [0.25, 0.3) is 0 Å². The van der Waals surface area contributed by atoms with Crippen molar-refractivity contribution in [1.82, 2.24) is 24.8 Å². The molecule has 6 N–H and O–H groups in total. The summed E-state index contributed by atoms with van der Waals surface area (Å²) in [6, 6.07) is 31.7. The van der Waals surface area contributed by atoms with Crippen molar-refractivity contribution in [3.05, 3.63) is 220 Å². The number of carbonyl (C=O) groups is 3. The molecule has 5 unspecified atom stereocenters. The van der Waals surface area contributed by atoms with Gasteiger partial charge in [0.15, 0.2) is 40.3 Å². The van der Waals surface area contributed by atoms with Crippen LogP contribution in [0.5, 0.6) is 28.7 Å². The number of ketones is 3. The summed E-state index contributed by atoms with van der Waals surface area (Å²) in [5, 5.41) is 59.9. The molecule has 4 bridgehead atoms. The number of nitrogens with zero attached hydrogens (tertiary/aromatic N) is 8. The largest absolute Gasteiger partial charge is 0.504 e. The molecule has 8 heterocycles. The van der Waals surface area contributed by atoms with Crippen molar-refractivity contribution in [2.75, 3.05) is 19.0 Å². The number of aliphatic hydroxyl groups is 2. The Hall–Kier alpha value is -9.74. The van der Waals surface area contributed by atoms with Crippen LogP contribution in [0.25, 0.3) is 33.2 Å². The average molecular weight is 1700 g/mol. The number of pyridine rings is 4. The van der Waals surface area contributed by atoms with Crippen LogP contribution in [0.2, 0.25) is 0 Å². The SMILES string of the molecule is C.CC(C)(C)c1cc(O)c(O)c(C(C)(C)C)c1.CC(C)(C)c1cc(O)c(O)c(C(C)(C)C)c1.CC1C=C(O)C(=O)C(C(C)(C)C)=C1.CC1C=C(O)C(=O)C(C(C)(C)C)=C1.CN1/C(=C/N=C2C(=O)c3cccnc3-c3ncccc32)C2CC3CC(C2)CC1C3.CN1c2ccccc2C(C)(C)C12C=Nc1c(c3cccnc3c3ncccc13)O2.[Co].[Co]. The third kappa shape index (κ3) is 19.5. The standard InChI is InChI=1S/C24H20N4O.C24H24N4O.2C14H22O2.2C11H16O2.CH4.2Co/c1-23(2)17-10-4-5-11-18(17)28(3)24(23)14-27-21-15-8-6-12-25-19(15)20-16(22(21)29-24)9-7-13-26-20;1-28-17-11-14-8-15(12-17)10-16(9-14)20(28)13-27-23-18-4-2-6-25-21(18)22-19(24(23)29)5-3-7-26-22;2*1-13(2,3)9-7-10(14(4,5)6)12(16)11(15)8-9;2*1-7-5-8(11(2,3)4)10(13)9(12)6-7;;;/h4-14H,1-3H3;2-7,13-17H,8-12H2,1H3;2*7-8,15-16H,1-6H3;2*5-7,12H,1-4H3;1H4;;/b;20-13+,27-23?;;;;;;;. The minimum Gasteiger partial charge on any atom is -0.504 e. The van der Waals surface area contributed by atoms with E-state index in [4.69, 9.17) is 14.7 Å². The van der Waals surface area contributed by atoms with Gasteiger partial charge >= 0.3 is 0 Å². The Labute approximate surface area is 725 Å². The normalized spacial score (nSPS) is 21.8. The average Bonchev–Trinajstić information content (AvgIpc) is 1.56. The van der Waals surface area contributed by atoms with E-state index >= 15 is 0 Å². The van der Waals surface area contributed by atoms with E-state index in [-0.39, 0.29) is 143 Å². The van der Waals surface area contributed by atoms with E-state index in [0.29, 0.717) is 40.1 Å². The molecule has 5 aliphatic carbocycles. The van der Waals surface area contributed by atoms with Crippen LogP contribution in [0.4, 0.5) is 11.4 Å². The minimum atomic E-state index is -0.720. The molecule has 119 heavy (non-hydrogen) atoms. The van der Waals surface area contributed by atoms with Gasteiger partial charge in [-0.25, -0.2) is 0 Å². The first-order chi connectivity index (χ1) is 53.9. The molecule has 2 saturated heterocycles. The Morgan fingerprint density at radius 2 is 0.941 bits per heavy atom. The van der Waals surface area contributed by atoms with E-state index in [2.05, 4.69) is 123 Å². The molecule has 17 rings (SSSR count). The number of carbonyl (C=O) groups excluding carboxylic acids is 3. The Balaban J connectivity index is 0.000000184. The quantitative estimate of drug-likeness (QED) is 0.0659. The second kappa shape index (κ2) is 35.5. The first-order valence-electron chi connectivity index (χ1n) is 40.6. The number of para-hydroxylation sites is 1. The molecule has 0 amide bonds. The number of Topliss-reactive ketones (excluding diaryl/α,β-unsaturated/α-hetero) is 3. The van der Waals surface area contributed by atoms with Crippen LogP contribution in [0.3, 0.4) is 0 Å². The van der Waals surface area contributed by atoms with Crippen molar-refractivity contribution in [2.24, 2.45) is 50.4 Å². The zero-order valence-corrected chi connectivity index (χ0v) is 75.2. The molecule has 9 aliphatic rings. The summed E-state index contributed by atoms with van der Waals surface area (Å²) in [6.45, 7) is 44.8. The molecule has 4 aromatic carbocycles. The van der Waals surface area contributed by atoms with Crippen LogP contribution in [-0.2, 0) is 70.2 Å². The summed E-state index contributed by atoms with van der Waals surface area (Å²) >= 11 is 0. The van der Waals surface area contributed by atoms with Crippen LogP contribution < -0.4 is 9.64 Å². The van der Waals surface area contributed by atoms with Gasteiger partial charge in [-0.3, -0.25) is 44.3 Å². The second-order valence-electron chi connectivity index (χ2n) is 39.2. The summed E-state index contributed by atoms with van der Waals surface area (Å²) < 4.78 is 6.92. The number of anilines is 1. The number of fused-ring (bicyclic) bond motifs is 11. The fourth-order valence-corrected chi connectivity index (χ4v) is 17.2. The fraction of sp³-hybridized carbons (Fsp3) is 0.444. The van der Waals surface area contributed by atoms with Gasteiger partial charge in [0, 0.05) is 141 Å². The molecule has 1 spiro atoms. The maximum absolute atomic E-state index is 13.2. The second-order valence-corrected chi connectivity index (χ2v) is 39.2. The van der Waals surface area contributed by atoms with Gasteiger partial charge in [-0.1, -0.05) is 188 Å². The summed E-state index contributed by atoms with van der Waals surface area (Å²) in [5.74, 6) is 2.54. The predicted molar refractivity (Wildman–Crippen MR) is 474 cm³/mol. The molecule has 18 nitrogen and oxygen atoms in total. The Morgan fingerprint density at radius 1 is 0.504 bits per heavy atom. The van der Waals surface area contributed by atoms with Crippen LogP contribution in [0.1, 0.15) is 236 Å². The Bertz CT molecular complexity index is 5240. The van der Waals surface area contributed by atoms with E-state index in [1.165, 1.54) is 43.4 Å². The van der Waals surface area contributed by atoms with Gasteiger partial charge in [-0.15, -0.1) is 0 Å². The van der Waals surface area contributed by atoms with E-state index in [1.807, 2.05) is 176 Å². The summed E-state index contributed by atoms with van der Waals surface area (Å²) in [5.41, 5.74) is 12.7. The zero-order chi connectivity index (χ0) is 85.2. The number of ether oxygens (including phenoxy) is 1. The van der Waals surface area contributed by atoms with Crippen molar-refractivity contribution in [3.63, 3.8) is 0 Å². The molecule has 8 aromatic rings. The molecule has 4 fully saturated rings. The summed E-state index contributed by atoms with van der Waals surface area (Å²) in [6.07, 6.45) is 24.6. The molecule has 638 valence electrons. The van der Waals surface area contributed by atoms with Crippen molar-refractivity contribution in [3.8, 4) is 40.1 Å². The van der Waals surface area contributed by atoms with Crippen LogP contribution in [-0.4, -0.2) is 111 Å². The number of aliphatic hydroxyl groups excluding tert-OH is 2. The van der Waals surface area contributed by atoms with Gasteiger partial charge in [0.2, 0.25) is 23.1 Å². The maximum atomic E-state index is 13.2. The van der Waals surface area contributed by atoms with Gasteiger partial charge in [0.05, 0.1) is 28.4 Å². The third-order valence-corrected chi connectivity index (χ3v) is 23.7. The maximum Gasteiger partial charge on any atom is 0.228 e. The van der Waals surface area contributed by atoms with Crippen molar-refractivity contribution in [2.45, 2.75) is 231 Å². The monoisotopic (exact) mass is 1700 g/mol. The van der Waals surface area contributed by atoms with Crippen molar-refractivity contribution >= 4 is 62.5 Å². The number of rotatable bonds is 1. The molecular weight excluding hydrogens is 1580 g/mol. The Morgan fingerprint density at radius 3 is 1.40 bits per heavy atom. The molecule has 5 atom stereocenters. The number of aromatic nitrogens is 4. The molecule has 4 aromatic heterocycles. The van der Waals surface area contributed by atoms with Gasteiger partial charge in [-0.05, 0) is 198 Å². The number of likely N-dealkylation sites (N-methyl/N-ethyl adjacent to an activating group) is 1. The van der Waals surface area contributed by atoms with E-state index < -0.39 is 5.72 Å². The number of hydrogen-bond donors (Lipinski definition) is 6. The molecule has 20 heteroatoms. The minimum absolute atomic E-state index is 0. The fourth-order valence-electron chi connectivity index (χ4n) is 17.2. The predicted octanol–water partition coefficient (Wildman–Crippen LogP) is 22.4. The summed E-state index contributed by atoms with van der Waals surface area (Å²) in [4.78, 5) is 68.9. The van der Waals surface area contributed by atoms with Crippen LogP contribution in [0, 0.1) is 40.4 Å². The van der Waals surface area contributed by atoms with Crippen LogP contribution >= 0.6 is 0 Å². The first-order valence-corrected chi connectivity index (χ1v) is 40.6. The van der Waals surface area contributed by atoms with Gasteiger partial charge < -0.3 is 45.2 Å². The number of aromatic hydroxyl groups is 4. The number of aliphatic imine (C=N–C) groups is 2. The molecule has 2 saturated carbocycles. The Kier molecular flexibility index (Phi) is 28.3. The number of hydrogen-bond acceptors (Lipinski definition) is 18. The molecular formula is C99H124Co2N8O10. The third-order valence-electron chi connectivity index (χ3n) is 23.7. The van der Waals surface area contributed by atoms with E-state index in [1.54, 1.807) is 55.1 Å². The smallest absolute Gasteiger partial charge is 0.228 e. The number of phenols is 4. The van der Waals surface area contributed by atoms with Crippen LogP contribution in [0.15, 0.2) is 191 Å². The topological polar surface area (TPSA) is 265 Å². The van der Waals surface area contributed by atoms with Gasteiger partial charge in [-0.2, -0.15) is 0 Å². The zero-order valence-electron chi connectivity index (χ0n) is 73.1. The van der Waals surface area contributed by atoms with Gasteiger partial charge in [0.1, 0.15) is 22.6 Å². The molecule has 2 radical (unpaired) electrons. The van der Waals surface area contributed by atoms with E-state index in [0.717, 1.165) is 84.3 Å². The van der Waals surface area contributed by atoms with Crippen molar-refractivity contribution in [1.29, 1.82) is 0 Å². The van der Waals surface area contributed by atoms with E-state index in [9.17, 15) is 45.0 Å². The molecule has 4 aliphatic heterocycles. The summed E-state index contributed by atoms with van der Waals surface area (Å²) in [7, 11) is 4.30. The number of phenolic OH excluding ortho intramolecular Hbond substituents is 4. The first kappa shape index (κ1) is 94.7. The van der Waals surface area contributed by atoms with Crippen molar-refractivity contribution < 1.29 is 83.3 Å². The number of benzene rings is 4.